The maximum Gasteiger partial charge on any atom is 0.307 e. The zero-order chi connectivity index (χ0) is 22.1. The predicted molar refractivity (Wildman–Crippen MR) is 122 cm³/mol. The molecule has 0 aliphatic heterocycles. The van der Waals surface area contributed by atoms with E-state index >= 15 is 0 Å². The first kappa shape index (κ1) is 25.9. The molecule has 6 unspecified atom stereocenters. The van der Waals surface area contributed by atoms with Crippen LogP contribution >= 0.6 is 0 Å². The summed E-state index contributed by atoms with van der Waals surface area (Å²) in [7, 11) is 0. The zero-order valence-corrected chi connectivity index (χ0v) is 19.4. The Bertz CT molecular complexity index is 568. The van der Waals surface area contributed by atoms with E-state index in [9.17, 15) is 9.90 Å². The molecule has 0 bridgehead atoms. The Balaban J connectivity index is 2.53. The number of aliphatic hydroxyl groups is 1. The summed E-state index contributed by atoms with van der Waals surface area (Å²) in [5.74, 6) is 0.902. The molecule has 0 aromatic rings. The summed E-state index contributed by atoms with van der Waals surface area (Å²) in [5.41, 5.74) is 9.81. The summed E-state index contributed by atoms with van der Waals surface area (Å²) in [4.78, 5) is 11.1. The number of carboxylic acids is 1. The van der Waals surface area contributed by atoms with Gasteiger partial charge in [0.05, 0.1) is 12.5 Å². The van der Waals surface area contributed by atoms with Gasteiger partial charge in [0.1, 0.15) is 0 Å². The zero-order valence-electron chi connectivity index (χ0n) is 19.4. The molecule has 1 rings (SSSR count). The van der Waals surface area contributed by atoms with Gasteiger partial charge in [-0.3, -0.25) is 4.79 Å². The van der Waals surface area contributed by atoms with Gasteiger partial charge in [0, 0.05) is 6.04 Å². The van der Waals surface area contributed by atoms with E-state index in [2.05, 4.69) is 41.2 Å². The number of hydrogen-bond donors (Lipinski definition) is 3. The molecule has 1 aliphatic carbocycles. The van der Waals surface area contributed by atoms with Crippen molar-refractivity contribution in [1.82, 2.24) is 0 Å². The Hall–Kier alpha value is -1.13. The molecule has 168 valence electrons. The van der Waals surface area contributed by atoms with Crippen molar-refractivity contribution in [2.24, 2.45) is 29.4 Å². The Labute approximate surface area is 178 Å². The highest BCUT2D eigenvalue weighted by atomic mass is 16.4. The van der Waals surface area contributed by atoms with Crippen LogP contribution in [0.3, 0.4) is 0 Å². The second-order valence-corrected chi connectivity index (χ2v) is 9.60. The van der Waals surface area contributed by atoms with Crippen molar-refractivity contribution < 1.29 is 15.0 Å². The monoisotopic (exact) mass is 407 g/mol. The number of aliphatic hydroxyl groups excluding tert-OH is 1. The minimum absolute atomic E-state index is 0.161. The van der Waals surface area contributed by atoms with E-state index < -0.39 is 12.1 Å². The quantitative estimate of drug-likeness (QED) is 0.270. The van der Waals surface area contributed by atoms with Crippen LogP contribution in [0.5, 0.6) is 0 Å². The average molecular weight is 408 g/mol. The van der Waals surface area contributed by atoms with Gasteiger partial charge < -0.3 is 15.9 Å². The number of carbonyl (C=O) groups is 1. The van der Waals surface area contributed by atoms with Crippen molar-refractivity contribution in [3.63, 3.8) is 0 Å². The molecule has 0 heterocycles. The molecule has 4 N–H and O–H groups in total. The van der Waals surface area contributed by atoms with E-state index in [-0.39, 0.29) is 12.5 Å². The molecule has 0 aromatic heterocycles. The molecule has 4 heteroatoms. The third-order valence-electron chi connectivity index (χ3n) is 7.23. The molecule has 4 nitrogen and oxygen atoms in total. The van der Waals surface area contributed by atoms with Gasteiger partial charge in [-0.05, 0) is 62.7 Å². The molecule has 29 heavy (non-hydrogen) atoms. The number of carboxylic acid groups (broad SMARTS) is 1. The van der Waals surface area contributed by atoms with E-state index in [4.69, 9.17) is 10.8 Å². The van der Waals surface area contributed by atoms with Crippen LogP contribution in [0.25, 0.3) is 0 Å². The van der Waals surface area contributed by atoms with Gasteiger partial charge >= 0.3 is 5.97 Å². The summed E-state index contributed by atoms with van der Waals surface area (Å²) < 4.78 is 0. The highest BCUT2D eigenvalue weighted by Crippen LogP contribution is 2.42. The van der Waals surface area contributed by atoms with Crippen LogP contribution in [0, 0.1) is 23.7 Å². The van der Waals surface area contributed by atoms with Gasteiger partial charge in [0.15, 0.2) is 0 Å². The van der Waals surface area contributed by atoms with Crippen molar-refractivity contribution in [3.8, 4) is 0 Å². The normalized spacial score (nSPS) is 25.6. The van der Waals surface area contributed by atoms with Gasteiger partial charge in [-0.25, -0.2) is 0 Å². The molecule has 0 saturated carbocycles. The van der Waals surface area contributed by atoms with Crippen LogP contribution in [-0.2, 0) is 4.79 Å². The lowest BCUT2D eigenvalue weighted by atomic mass is 9.68. The second kappa shape index (κ2) is 12.5. The minimum atomic E-state index is -0.740. The highest BCUT2D eigenvalue weighted by molar-refractivity contribution is 5.70. The van der Waals surface area contributed by atoms with Gasteiger partial charge in [0.25, 0.3) is 0 Å². The smallest absolute Gasteiger partial charge is 0.307 e. The largest absolute Gasteiger partial charge is 0.481 e. The molecular weight excluding hydrogens is 362 g/mol. The van der Waals surface area contributed by atoms with E-state index in [1.54, 1.807) is 0 Å². The molecule has 0 fully saturated rings. The highest BCUT2D eigenvalue weighted by Gasteiger charge is 2.32. The second-order valence-electron chi connectivity index (χ2n) is 9.60. The summed E-state index contributed by atoms with van der Waals surface area (Å²) in [6.45, 7) is 15.2. The maximum atomic E-state index is 11.1. The molecule has 0 aromatic carbocycles. The third kappa shape index (κ3) is 8.25. The lowest BCUT2D eigenvalue weighted by molar-refractivity contribution is -0.136. The molecule has 0 spiro atoms. The molecule has 6 atom stereocenters. The molecular formula is C25H45NO3. The first-order valence-electron chi connectivity index (χ1n) is 11.6. The van der Waals surface area contributed by atoms with Crippen LogP contribution in [0.4, 0.5) is 0 Å². The topological polar surface area (TPSA) is 83.5 Å². The number of hydrogen-bond acceptors (Lipinski definition) is 3. The number of allylic oxidation sites excluding steroid dienone is 2. The predicted octanol–water partition coefficient (Wildman–Crippen LogP) is 5.70. The first-order chi connectivity index (χ1) is 13.6. The fraction of sp³-hybridized carbons (Fsp3) is 0.800. The number of rotatable bonds is 13. The number of unbranched alkanes of at least 4 members (excludes halogenated alkanes) is 2. The third-order valence-corrected chi connectivity index (χ3v) is 7.23. The Morgan fingerprint density at radius 3 is 2.52 bits per heavy atom. The summed E-state index contributed by atoms with van der Waals surface area (Å²) in [5, 5.41) is 19.7. The van der Waals surface area contributed by atoms with Crippen LogP contribution in [-0.4, -0.2) is 28.3 Å². The SMILES string of the molecule is C=C(CCC(O)C(N)C(C)CCCCC)CC1C(C)CC(CC(=O)O)=C(C)C1C. The fourth-order valence-corrected chi connectivity index (χ4v) is 4.88. The van der Waals surface area contributed by atoms with Crippen molar-refractivity contribution in [2.45, 2.75) is 105 Å². The van der Waals surface area contributed by atoms with Crippen molar-refractivity contribution >= 4 is 5.97 Å². The Kier molecular flexibility index (Phi) is 11.2. The lowest BCUT2D eigenvalue weighted by Crippen LogP contribution is -2.40. The van der Waals surface area contributed by atoms with Crippen LogP contribution in [0.2, 0.25) is 0 Å². The first-order valence-corrected chi connectivity index (χ1v) is 11.6. The molecule has 0 saturated heterocycles. The van der Waals surface area contributed by atoms with Crippen molar-refractivity contribution in [1.29, 1.82) is 0 Å². The molecule has 1 aliphatic rings. The summed E-state index contributed by atoms with van der Waals surface area (Å²) in [6, 6.07) is -0.170. The Morgan fingerprint density at radius 1 is 1.28 bits per heavy atom. The standard InChI is InChI=1S/C25H45NO3/c1-7-8-9-10-17(3)25(26)23(27)12-11-16(2)13-22-18(4)14-21(15-24(28)29)19(5)20(22)6/h17-18,20,22-23,25,27H,2,7-15,26H2,1,3-6H3,(H,28,29). The lowest BCUT2D eigenvalue weighted by Gasteiger charge is -2.37. The van der Waals surface area contributed by atoms with E-state index in [1.165, 1.54) is 30.4 Å². The Morgan fingerprint density at radius 2 is 1.93 bits per heavy atom. The van der Waals surface area contributed by atoms with E-state index in [1.807, 2.05) is 0 Å². The molecule has 0 amide bonds. The van der Waals surface area contributed by atoms with E-state index in [0.29, 0.717) is 30.1 Å². The van der Waals surface area contributed by atoms with Gasteiger partial charge in [-0.2, -0.15) is 0 Å². The van der Waals surface area contributed by atoms with Gasteiger partial charge in [-0.15, -0.1) is 0 Å². The van der Waals surface area contributed by atoms with Crippen LogP contribution in [0.15, 0.2) is 23.3 Å². The van der Waals surface area contributed by atoms with Crippen molar-refractivity contribution in [3.05, 3.63) is 23.3 Å². The fourth-order valence-electron chi connectivity index (χ4n) is 4.88. The number of nitrogens with two attached hydrogens (primary N) is 1. The van der Waals surface area contributed by atoms with Crippen LogP contribution in [0.1, 0.15) is 92.4 Å². The van der Waals surface area contributed by atoms with Gasteiger partial charge in [-0.1, -0.05) is 70.3 Å². The van der Waals surface area contributed by atoms with E-state index in [0.717, 1.165) is 31.3 Å². The number of aliphatic carboxylic acids is 1. The maximum absolute atomic E-state index is 11.1. The minimum Gasteiger partial charge on any atom is -0.481 e. The van der Waals surface area contributed by atoms with Crippen molar-refractivity contribution in [2.75, 3.05) is 0 Å². The summed E-state index contributed by atoms with van der Waals surface area (Å²) >= 11 is 0. The van der Waals surface area contributed by atoms with Gasteiger partial charge in [0.2, 0.25) is 0 Å². The van der Waals surface area contributed by atoms with Crippen LogP contribution < -0.4 is 5.73 Å². The average Bonchev–Trinajstić information content (AvgIpc) is 2.66. The summed E-state index contributed by atoms with van der Waals surface area (Å²) in [6.07, 6.45) is 7.65. The molecule has 0 radical (unpaired) electrons.